The maximum atomic E-state index is 12.5. The number of hydrogen-bond acceptors (Lipinski definition) is 4. The van der Waals surface area contributed by atoms with E-state index in [1.165, 1.54) is 0 Å². The fourth-order valence-electron chi connectivity index (χ4n) is 2.25. The van der Waals surface area contributed by atoms with Gasteiger partial charge in [0.15, 0.2) is 0 Å². The predicted octanol–water partition coefficient (Wildman–Crippen LogP) is 3.03. The molecule has 0 fully saturated rings. The van der Waals surface area contributed by atoms with Gasteiger partial charge in [0, 0.05) is 31.5 Å². The monoisotopic (exact) mass is 298 g/mol. The molecular weight excluding hydrogens is 276 g/mol. The van der Waals surface area contributed by atoms with Gasteiger partial charge in [-0.3, -0.25) is 4.79 Å². The van der Waals surface area contributed by atoms with E-state index in [1.54, 1.807) is 11.0 Å². The molecule has 0 saturated heterocycles. The Labute approximate surface area is 131 Å². The molecule has 2 rings (SSSR count). The number of hydrogen-bond donors (Lipinski definition) is 0. The first-order chi connectivity index (χ1) is 10.6. The van der Waals surface area contributed by atoms with Gasteiger partial charge in [-0.25, -0.2) is 9.97 Å². The molecule has 1 aromatic heterocycles. The predicted molar refractivity (Wildman–Crippen MR) is 88.5 cm³/mol. The second-order valence-corrected chi connectivity index (χ2v) is 5.07. The van der Waals surface area contributed by atoms with Crippen LogP contribution in [0.4, 0.5) is 11.6 Å². The Hall–Kier alpha value is -2.43. The van der Waals surface area contributed by atoms with Crippen LogP contribution in [0, 0.1) is 6.92 Å². The molecule has 0 spiro atoms. The minimum absolute atomic E-state index is 0.0572. The van der Waals surface area contributed by atoms with Gasteiger partial charge < -0.3 is 9.80 Å². The van der Waals surface area contributed by atoms with E-state index in [0.717, 1.165) is 11.4 Å². The van der Waals surface area contributed by atoms with Crippen LogP contribution in [0.25, 0.3) is 0 Å². The Morgan fingerprint density at radius 3 is 2.32 bits per heavy atom. The first kappa shape index (κ1) is 15.9. The van der Waals surface area contributed by atoms with Gasteiger partial charge in [-0.15, -0.1) is 0 Å². The number of aromatic nitrogens is 2. The lowest BCUT2D eigenvalue weighted by atomic mass is 10.3. The van der Waals surface area contributed by atoms with Gasteiger partial charge in [0.25, 0.3) is 5.91 Å². The Balaban J connectivity index is 2.37. The summed E-state index contributed by atoms with van der Waals surface area (Å²) < 4.78 is 0. The van der Waals surface area contributed by atoms with E-state index < -0.39 is 0 Å². The van der Waals surface area contributed by atoms with Crippen molar-refractivity contribution in [1.82, 2.24) is 14.9 Å². The smallest absolute Gasteiger partial charge is 0.272 e. The number of aryl methyl sites for hydroxylation is 1. The molecule has 1 amide bonds. The highest BCUT2D eigenvalue weighted by Gasteiger charge is 2.17. The Morgan fingerprint density at radius 1 is 1.09 bits per heavy atom. The molecule has 5 heteroatoms. The van der Waals surface area contributed by atoms with E-state index >= 15 is 0 Å². The summed E-state index contributed by atoms with van der Waals surface area (Å²) in [6, 6.07) is 11.6. The van der Waals surface area contributed by atoms with Gasteiger partial charge >= 0.3 is 0 Å². The number of carbonyl (C=O) groups excluding carboxylic acids is 1. The highest BCUT2D eigenvalue weighted by molar-refractivity contribution is 5.92. The average molecular weight is 298 g/mol. The van der Waals surface area contributed by atoms with Gasteiger partial charge in [0.1, 0.15) is 5.69 Å². The number of benzene rings is 1. The number of nitrogens with zero attached hydrogens (tertiary/aromatic N) is 4. The Morgan fingerprint density at radius 2 is 1.73 bits per heavy atom. The highest BCUT2D eigenvalue weighted by Crippen LogP contribution is 2.20. The van der Waals surface area contributed by atoms with Crippen molar-refractivity contribution in [2.24, 2.45) is 0 Å². The van der Waals surface area contributed by atoms with Crippen LogP contribution in [-0.4, -0.2) is 40.9 Å². The van der Waals surface area contributed by atoms with Crippen LogP contribution in [0.5, 0.6) is 0 Å². The standard InChI is InChI=1S/C17H22N4O/c1-5-21(6-2)16(22)15-12-13(3)18-17(19-15)20(4)14-10-8-7-9-11-14/h7-12H,5-6H2,1-4H3. The summed E-state index contributed by atoms with van der Waals surface area (Å²) in [6.45, 7) is 7.15. The summed E-state index contributed by atoms with van der Waals surface area (Å²) >= 11 is 0. The maximum Gasteiger partial charge on any atom is 0.272 e. The van der Waals surface area contributed by atoms with Crippen molar-refractivity contribution in [3.63, 3.8) is 0 Å². The molecule has 0 aliphatic carbocycles. The highest BCUT2D eigenvalue weighted by atomic mass is 16.2. The number of anilines is 2. The lowest BCUT2D eigenvalue weighted by molar-refractivity contribution is 0.0767. The fourth-order valence-corrected chi connectivity index (χ4v) is 2.25. The third-order valence-corrected chi connectivity index (χ3v) is 3.56. The molecule has 5 nitrogen and oxygen atoms in total. The summed E-state index contributed by atoms with van der Waals surface area (Å²) in [5, 5.41) is 0. The lowest BCUT2D eigenvalue weighted by Gasteiger charge is -2.21. The Bertz CT molecular complexity index is 638. The van der Waals surface area contributed by atoms with Crippen LogP contribution in [0.3, 0.4) is 0 Å². The maximum absolute atomic E-state index is 12.5. The van der Waals surface area contributed by atoms with Crippen LogP contribution in [0.2, 0.25) is 0 Å². The summed E-state index contributed by atoms with van der Waals surface area (Å²) in [7, 11) is 1.90. The van der Waals surface area contributed by atoms with Crippen LogP contribution < -0.4 is 4.90 Å². The van der Waals surface area contributed by atoms with Gasteiger partial charge in [-0.1, -0.05) is 18.2 Å². The molecule has 0 atom stereocenters. The number of amides is 1. The third-order valence-electron chi connectivity index (χ3n) is 3.56. The molecule has 116 valence electrons. The molecule has 0 radical (unpaired) electrons. The van der Waals surface area contributed by atoms with Gasteiger partial charge in [0.2, 0.25) is 5.95 Å². The van der Waals surface area contributed by atoms with Crippen molar-refractivity contribution in [3.05, 3.63) is 47.8 Å². The molecule has 0 unspecified atom stereocenters. The van der Waals surface area contributed by atoms with Crippen molar-refractivity contribution in [2.75, 3.05) is 25.0 Å². The van der Waals surface area contributed by atoms with Crippen molar-refractivity contribution in [3.8, 4) is 0 Å². The summed E-state index contributed by atoms with van der Waals surface area (Å²) in [5.41, 5.74) is 2.20. The minimum Gasteiger partial charge on any atom is -0.338 e. The van der Waals surface area contributed by atoms with Crippen molar-refractivity contribution in [2.45, 2.75) is 20.8 Å². The molecule has 0 N–H and O–H groups in total. The first-order valence-electron chi connectivity index (χ1n) is 7.50. The zero-order valence-corrected chi connectivity index (χ0v) is 13.6. The van der Waals surface area contributed by atoms with E-state index in [9.17, 15) is 4.79 Å². The largest absolute Gasteiger partial charge is 0.338 e. The second kappa shape index (κ2) is 7.02. The molecule has 0 bridgehead atoms. The number of rotatable bonds is 5. The van der Waals surface area contributed by atoms with Crippen LogP contribution in [0.1, 0.15) is 30.0 Å². The molecule has 22 heavy (non-hydrogen) atoms. The zero-order valence-electron chi connectivity index (χ0n) is 13.6. The van der Waals surface area contributed by atoms with Crippen molar-refractivity contribution < 1.29 is 4.79 Å². The van der Waals surface area contributed by atoms with Crippen molar-refractivity contribution >= 4 is 17.5 Å². The van der Waals surface area contributed by atoms with E-state index in [-0.39, 0.29) is 5.91 Å². The Kier molecular flexibility index (Phi) is 5.09. The van der Waals surface area contributed by atoms with Gasteiger partial charge in [-0.05, 0) is 39.0 Å². The van der Waals surface area contributed by atoms with Gasteiger partial charge in [-0.2, -0.15) is 0 Å². The van der Waals surface area contributed by atoms with Crippen LogP contribution >= 0.6 is 0 Å². The average Bonchev–Trinajstić information content (AvgIpc) is 2.55. The first-order valence-corrected chi connectivity index (χ1v) is 7.50. The van der Waals surface area contributed by atoms with E-state index in [0.29, 0.717) is 24.7 Å². The summed E-state index contributed by atoms with van der Waals surface area (Å²) in [4.78, 5) is 25.0. The third kappa shape index (κ3) is 3.42. The molecule has 2 aromatic rings. The molecule has 0 aliphatic heterocycles. The number of para-hydroxylation sites is 1. The SMILES string of the molecule is CCN(CC)C(=O)c1cc(C)nc(N(C)c2ccccc2)n1. The summed E-state index contributed by atoms with van der Waals surface area (Å²) in [6.07, 6.45) is 0. The van der Waals surface area contributed by atoms with Gasteiger partial charge in [0.05, 0.1) is 0 Å². The number of carbonyl (C=O) groups is 1. The molecular formula is C17H22N4O. The molecule has 0 aliphatic rings. The lowest BCUT2D eigenvalue weighted by Crippen LogP contribution is -2.31. The molecule has 1 heterocycles. The van der Waals surface area contributed by atoms with Crippen molar-refractivity contribution in [1.29, 1.82) is 0 Å². The van der Waals surface area contributed by atoms with E-state index in [1.807, 2.05) is 63.1 Å². The molecule has 0 saturated carbocycles. The van der Waals surface area contributed by atoms with E-state index in [2.05, 4.69) is 9.97 Å². The van der Waals surface area contributed by atoms with E-state index in [4.69, 9.17) is 0 Å². The molecule has 1 aromatic carbocycles. The van der Waals surface area contributed by atoms with Crippen LogP contribution in [-0.2, 0) is 0 Å². The quantitative estimate of drug-likeness (QED) is 0.851. The topological polar surface area (TPSA) is 49.3 Å². The minimum atomic E-state index is -0.0572. The zero-order chi connectivity index (χ0) is 16.1. The second-order valence-electron chi connectivity index (χ2n) is 5.07. The summed E-state index contributed by atoms with van der Waals surface area (Å²) in [5.74, 6) is 0.472. The normalized spacial score (nSPS) is 10.4. The fraction of sp³-hybridized carbons (Fsp3) is 0.353. The van der Waals surface area contributed by atoms with Crippen LogP contribution in [0.15, 0.2) is 36.4 Å².